The molecule has 2 aromatic carbocycles. The van der Waals surface area contributed by atoms with Crippen molar-refractivity contribution in [2.24, 2.45) is 0 Å². The summed E-state index contributed by atoms with van der Waals surface area (Å²) in [6, 6.07) is 19.7. The molecule has 1 heterocycles. The van der Waals surface area contributed by atoms with Crippen molar-refractivity contribution in [1.29, 1.82) is 0 Å². The molecule has 4 nitrogen and oxygen atoms in total. The molecule has 0 aliphatic carbocycles. The Hall–Kier alpha value is -3.14. The number of nitrogens with one attached hydrogen (secondary N) is 2. The molecule has 0 saturated heterocycles. The number of pyridine rings is 1. The molecule has 2 N–H and O–H groups in total. The summed E-state index contributed by atoms with van der Waals surface area (Å²) in [5, 5.41) is 2.84. The fourth-order valence-corrected chi connectivity index (χ4v) is 2.21. The Balaban J connectivity index is 1.88. The second kappa shape index (κ2) is 6.10. The maximum atomic E-state index is 12.1. The molecule has 108 valence electrons. The molecule has 0 atom stereocenters. The predicted molar refractivity (Wildman–Crippen MR) is 86.9 cm³/mol. The van der Waals surface area contributed by atoms with Crippen LogP contribution in [0.15, 0.2) is 77.7 Å². The topological polar surface area (TPSA) is 62.0 Å². The highest BCUT2D eigenvalue weighted by atomic mass is 16.1. The van der Waals surface area contributed by atoms with Gasteiger partial charge in [-0.2, -0.15) is 0 Å². The van der Waals surface area contributed by atoms with Crippen LogP contribution in [0.2, 0.25) is 0 Å². The lowest BCUT2D eigenvalue weighted by Crippen LogP contribution is -2.12. The van der Waals surface area contributed by atoms with Crippen LogP contribution in [-0.2, 0) is 0 Å². The first-order valence-electron chi connectivity index (χ1n) is 6.88. The smallest absolute Gasteiger partial charge is 0.255 e. The summed E-state index contributed by atoms with van der Waals surface area (Å²) in [6.45, 7) is 0. The van der Waals surface area contributed by atoms with Gasteiger partial charge in [-0.05, 0) is 42.0 Å². The summed E-state index contributed by atoms with van der Waals surface area (Å²) in [4.78, 5) is 26.6. The van der Waals surface area contributed by atoms with Gasteiger partial charge in [-0.1, -0.05) is 30.3 Å². The fraction of sp³-hybridized carbons (Fsp3) is 0. The quantitative estimate of drug-likeness (QED) is 0.777. The molecule has 0 saturated carbocycles. The Morgan fingerprint density at radius 3 is 2.50 bits per heavy atom. The summed E-state index contributed by atoms with van der Waals surface area (Å²) in [7, 11) is 0. The number of benzene rings is 2. The highest BCUT2D eigenvalue weighted by Crippen LogP contribution is 2.20. The van der Waals surface area contributed by atoms with Crippen molar-refractivity contribution in [3.8, 4) is 11.1 Å². The zero-order valence-electron chi connectivity index (χ0n) is 11.7. The van der Waals surface area contributed by atoms with Crippen LogP contribution in [0.3, 0.4) is 0 Å². The number of hydrogen-bond acceptors (Lipinski definition) is 2. The summed E-state index contributed by atoms with van der Waals surface area (Å²) >= 11 is 0. The minimum Gasteiger partial charge on any atom is -0.329 e. The second-order valence-corrected chi connectivity index (χ2v) is 4.81. The molecule has 1 amide bonds. The van der Waals surface area contributed by atoms with E-state index in [1.807, 2.05) is 30.3 Å². The number of carbonyl (C=O) groups is 1. The van der Waals surface area contributed by atoms with Crippen LogP contribution in [0, 0.1) is 0 Å². The van der Waals surface area contributed by atoms with Crippen LogP contribution in [0.1, 0.15) is 10.4 Å². The maximum Gasteiger partial charge on any atom is 0.255 e. The molecule has 0 aliphatic heterocycles. The lowest BCUT2D eigenvalue weighted by atomic mass is 10.1. The zero-order valence-corrected chi connectivity index (χ0v) is 11.7. The molecule has 0 unspecified atom stereocenters. The summed E-state index contributed by atoms with van der Waals surface area (Å²) < 4.78 is 0. The van der Waals surface area contributed by atoms with Gasteiger partial charge in [-0.15, -0.1) is 0 Å². The number of anilines is 1. The van der Waals surface area contributed by atoms with Gasteiger partial charge in [0, 0.05) is 23.0 Å². The molecule has 0 fully saturated rings. The number of carbonyl (C=O) groups excluding carboxylic acids is 1. The third kappa shape index (κ3) is 2.96. The summed E-state index contributed by atoms with van der Waals surface area (Å²) in [5.74, 6) is -0.181. The number of hydrogen-bond donors (Lipinski definition) is 2. The van der Waals surface area contributed by atoms with E-state index in [0.29, 0.717) is 16.8 Å². The van der Waals surface area contributed by atoms with E-state index >= 15 is 0 Å². The van der Waals surface area contributed by atoms with Gasteiger partial charge in [-0.25, -0.2) is 0 Å². The molecule has 0 spiro atoms. The van der Waals surface area contributed by atoms with Gasteiger partial charge in [0.05, 0.1) is 0 Å². The Kier molecular flexibility index (Phi) is 3.83. The maximum absolute atomic E-state index is 12.1. The van der Waals surface area contributed by atoms with Gasteiger partial charge >= 0.3 is 0 Å². The number of rotatable bonds is 3. The highest BCUT2D eigenvalue weighted by Gasteiger charge is 2.07. The third-order valence-electron chi connectivity index (χ3n) is 3.29. The summed E-state index contributed by atoms with van der Waals surface area (Å²) in [6.07, 6.45) is 1.59. The highest BCUT2D eigenvalue weighted by molar-refractivity contribution is 6.04. The van der Waals surface area contributed by atoms with Crippen molar-refractivity contribution in [2.75, 3.05) is 5.32 Å². The molecule has 1 aromatic heterocycles. The van der Waals surface area contributed by atoms with Crippen LogP contribution >= 0.6 is 0 Å². The Labute approximate surface area is 127 Å². The zero-order chi connectivity index (χ0) is 15.4. The van der Waals surface area contributed by atoms with Gasteiger partial charge in [0.25, 0.3) is 11.5 Å². The average molecular weight is 290 g/mol. The van der Waals surface area contributed by atoms with Crippen molar-refractivity contribution in [3.63, 3.8) is 0 Å². The van der Waals surface area contributed by atoms with Crippen molar-refractivity contribution < 1.29 is 4.79 Å². The Bertz CT molecular complexity index is 854. The Morgan fingerprint density at radius 2 is 1.73 bits per heavy atom. The largest absolute Gasteiger partial charge is 0.329 e. The van der Waals surface area contributed by atoms with Gasteiger partial charge in [0.2, 0.25) is 0 Å². The summed E-state index contributed by atoms with van der Waals surface area (Å²) in [5.41, 5.74) is 2.40. The van der Waals surface area contributed by atoms with E-state index in [-0.39, 0.29) is 11.5 Å². The molecule has 0 aliphatic rings. The van der Waals surface area contributed by atoms with Gasteiger partial charge in [0.1, 0.15) is 0 Å². The molecule has 3 aromatic rings. The number of aromatic amines is 1. The number of amides is 1. The van der Waals surface area contributed by atoms with E-state index in [0.717, 1.165) is 5.56 Å². The van der Waals surface area contributed by atoms with Gasteiger partial charge in [-0.3, -0.25) is 9.59 Å². The van der Waals surface area contributed by atoms with Crippen LogP contribution in [0.5, 0.6) is 0 Å². The van der Waals surface area contributed by atoms with E-state index in [1.165, 1.54) is 0 Å². The van der Waals surface area contributed by atoms with Crippen molar-refractivity contribution in [3.05, 3.63) is 88.8 Å². The lowest BCUT2D eigenvalue weighted by Gasteiger charge is -2.07. The SMILES string of the molecule is O=C(Nc1cccc(-c2ccc[nH]c2=O)c1)c1ccccc1. The van der Waals surface area contributed by atoms with Gasteiger partial charge < -0.3 is 10.3 Å². The second-order valence-electron chi connectivity index (χ2n) is 4.81. The van der Waals surface area contributed by atoms with E-state index < -0.39 is 0 Å². The van der Waals surface area contributed by atoms with Crippen molar-refractivity contribution in [2.45, 2.75) is 0 Å². The standard InChI is InChI=1S/C18H14N2O2/c21-17(13-6-2-1-3-7-13)20-15-9-4-8-14(12-15)16-10-5-11-19-18(16)22/h1-12H,(H,19,22)(H,20,21). The molecular formula is C18H14N2O2. The molecular weight excluding hydrogens is 276 g/mol. The van der Waals surface area contributed by atoms with Crippen molar-refractivity contribution >= 4 is 11.6 Å². The minimum atomic E-state index is -0.181. The van der Waals surface area contributed by atoms with Crippen LogP contribution in [-0.4, -0.2) is 10.9 Å². The molecule has 3 rings (SSSR count). The number of aromatic nitrogens is 1. The molecule has 0 bridgehead atoms. The van der Waals surface area contributed by atoms with Crippen LogP contribution in [0.25, 0.3) is 11.1 Å². The average Bonchev–Trinajstić information content (AvgIpc) is 2.56. The van der Waals surface area contributed by atoms with Crippen LogP contribution < -0.4 is 10.9 Å². The minimum absolute atomic E-state index is 0.158. The first-order valence-corrected chi connectivity index (χ1v) is 6.88. The fourth-order valence-electron chi connectivity index (χ4n) is 2.21. The molecule has 4 heteroatoms. The number of H-pyrrole nitrogens is 1. The van der Waals surface area contributed by atoms with E-state index in [1.54, 1.807) is 42.6 Å². The normalized spacial score (nSPS) is 10.2. The van der Waals surface area contributed by atoms with Gasteiger partial charge in [0.15, 0.2) is 0 Å². The van der Waals surface area contributed by atoms with E-state index in [2.05, 4.69) is 10.3 Å². The molecule has 0 radical (unpaired) electrons. The first-order chi connectivity index (χ1) is 10.7. The lowest BCUT2D eigenvalue weighted by molar-refractivity contribution is 0.102. The third-order valence-corrected chi connectivity index (χ3v) is 3.29. The monoisotopic (exact) mass is 290 g/mol. The van der Waals surface area contributed by atoms with Crippen molar-refractivity contribution in [1.82, 2.24) is 4.98 Å². The first kappa shape index (κ1) is 13.8. The molecule has 22 heavy (non-hydrogen) atoms. The van der Waals surface area contributed by atoms with Crippen LogP contribution in [0.4, 0.5) is 5.69 Å². The Morgan fingerprint density at radius 1 is 0.909 bits per heavy atom. The predicted octanol–water partition coefficient (Wildman–Crippen LogP) is 3.29. The van der Waals surface area contributed by atoms with E-state index in [9.17, 15) is 9.59 Å². The van der Waals surface area contributed by atoms with E-state index in [4.69, 9.17) is 0 Å².